The molecule has 16 heavy (non-hydrogen) atoms. The number of rotatable bonds is 6. The van der Waals surface area contributed by atoms with Crippen molar-refractivity contribution in [3.8, 4) is 0 Å². The maximum Gasteiger partial charge on any atom is 0.169 e. The van der Waals surface area contributed by atoms with E-state index >= 15 is 0 Å². The largest absolute Gasteiger partial charge is 0.363 e. The molecule has 0 fully saturated rings. The molecule has 0 radical (unpaired) electrons. The molecule has 4 heteroatoms. The van der Waals surface area contributed by atoms with Gasteiger partial charge in [-0.15, -0.1) is 0 Å². The van der Waals surface area contributed by atoms with Crippen molar-refractivity contribution in [2.24, 2.45) is 0 Å². The van der Waals surface area contributed by atoms with Crippen molar-refractivity contribution >= 4 is 17.3 Å². The van der Waals surface area contributed by atoms with Gasteiger partial charge in [0.1, 0.15) is 0 Å². The Labute approximate surface area is 106 Å². The van der Waals surface area contributed by atoms with E-state index in [0.29, 0.717) is 12.1 Å². The quantitative estimate of drug-likeness (QED) is 0.569. The second-order valence-corrected chi connectivity index (χ2v) is 5.37. The first-order chi connectivity index (χ1) is 7.36. The molecule has 0 heterocycles. The van der Waals surface area contributed by atoms with Gasteiger partial charge in [-0.3, -0.25) is 0 Å². The molecular formula is C12H27N3S. The Balaban J connectivity index is 3.93. The van der Waals surface area contributed by atoms with Crippen LogP contribution in [0.4, 0.5) is 0 Å². The average molecular weight is 245 g/mol. The Morgan fingerprint density at radius 1 is 1.12 bits per heavy atom. The van der Waals surface area contributed by atoms with Crippen LogP contribution in [-0.4, -0.2) is 54.2 Å². The Morgan fingerprint density at radius 2 is 1.62 bits per heavy atom. The van der Waals surface area contributed by atoms with Crippen LogP contribution in [0.25, 0.3) is 0 Å². The molecule has 0 saturated carbocycles. The van der Waals surface area contributed by atoms with Crippen molar-refractivity contribution in [3.05, 3.63) is 0 Å². The van der Waals surface area contributed by atoms with E-state index in [0.717, 1.165) is 24.6 Å². The monoisotopic (exact) mass is 245 g/mol. The van der Waals surface area contributed by atoms with Crippen LogP contribution in [0.3, 0.4) is 0 Å². The zero-order valence-electron chi connectivity index (χ0n) is 11.6. The van der Waals surface area contributed by atoms with Crippen LogP contribution in [0, 0.1) is 0 Å². The summed E-state index contributed by atoms with van der Waals surface area (Å²) in [7, 11) is 4.18. The molecule has 0 rings (SSSR count). The second-order valence-electron chi connectivity index (χ2n) is 4.98. The lowest BCUT2D eigenvalue weighted by Crippen LogP contribution is -2.47. The van der Waals surface area contributed by atoms with E-state index in [-0.39, 0.29) is 0 Å². The number of nitrogens with zero attached hydrogens (tertiary/aromatic N) is 2. The Hall–Kier alpha value is -0.350. The van der Waals surface area contributed by atoms with E-state index in [1.807, 2.05) is 0 Å². The number of hydrogen-bond acceptors (Lipinski definition) is 2. The van der Waals surface area contributed by atoms with Crippen LogP contribution >= 0.6 is 12.2 Å². The van der Waals surface area contributed by atoms with E-state index in [1.165, 1.54) is 0 Å². The zero-order chi connectivity index (χ0) is 12.7. The van der Waals surface area contributed by atoms with E-state index in [9.17, 15) is 0 Å². The maximum absolute atomic E-state index is 5.41. The van der Waals surface area contributed by atoms with Crippen LogP contribution in [0.1, 0.15) is 34.1 Å². The summed E-state index contributed by atoms with van der Waals surface area (Å²) in [6.45, 7) is 10.7. The minimum absolute atomic E-state index is 0.453. The van der Waals surface area contributed by atoms with E-state index in [4.69, 9.17) is 12.2 Å². The molecule has 0 bridgehead atoms. The van der Waals surface area contributed by atoms with Gasteiger partial charge in [0.25, 0.3) is 0 Å². The van der Waals surface area contributed by atoms with Gasteiger partial charge in [-0.1, -0.05) is 0 Å². The smallest absolute Gasteiger partial charge is 0.169 e. The molecule has 0 atom stereocenters. The number of thiocarbonyl (C=S) groups is 1. The van der Waals surface area contributed by atoms with Crippen LogP contribution in [-0.2, 0) is 0 Å². The van der Waals surface area contributed by atoms with Crippen molar-refractivity contribution in [1.29, 1.82) is 0 Å². The fourth-order valence-electron chi connectivity index (χ4n) is 1.75. The molecule has 0 aliphatic rings. The van der Waals surface area contributed by atoms with E-state index in [1.54, 1.807) is 0 Å². The highest BCUT2D eigenvalue weighted by atomic mass is 32.1. The predicted molar refractivity (Wildman–Crippen MR) is 75.9 cm³/mol. The van der Waals surface area contributed by atoms with Gasteiger partial charge in [-0.05, 0) is 67.0 Å². The fraction of sp³-hybridized carbons (Fsp3) is 0.917. The van der Waals surface area contributed by atoms with Gasteiger partial charge < -0.3 is 15.1 Å². The summed E-state index contributed by atoms with van der Waals surface area (Å²) in [6.07, 6.45) is 1.12. The van der Waals surface area contributed by atoms with E-state index < -0.39 is 0 Å². The van der Waals surface area contributed by atoms with Gasteiger partial charge in [0.2, 0.25) is 0 Å². The van der Waals surface area contributed by atoms with Crippen molar-refractivity contribution in [2.75, 3.05) is 27.2 Å². The minimum atomic E-state index is 0.453. The summed E-state index contributed by atoms with van der Waals surface area (Å²) in [5.41, 5.74) is 0. The van der Waals surface area contributed by atoms with Crippen molar-refractivity contribution in [2.45, 2.75) is 46.2 Å². The Bertz CT molecular complexity index is 194. The van der Waals surface area contributed by atoms with Gasteiger partial charge in [0, 0.05) is 18.6 Å². The molecule has 0 amide bonds. The first kappa shape index (κ1) is 15.7. The van der Waals surface area contributed by atoms with Crippen LogP contribution < -0.4 is 5.32 Å². The highest BCUT2D eigenvalue weighted by Gasteiger charge is 2.15. The lowest BCUT2D eigenvalue weighted by atomic mass is 10.2. The molecule has 0 aromatic rings. The first-order valence-electron chi connectivity index (χ1n) is 6.07. The van der Waals surface area contributed by atoms with Gasteiger partial charge in [-0.25, -0.2) is 0 Å². The lowest BCUT2D eigenvalue weighted by Gasteiger charge is -2.33. The molecule has 1 N–H and O–H groups in total. The van der Waals surface area contributed by atoms with Crippen molar-refractivity contribution in [3.63, 3.8) is 0 Å². The number of hydrogen-bond donors (Lipinski definition) is 1. The molecule has 0 aromatic carbocycles. The zero-order valence-corrected chi connectivity index (χ0v) is 12.4. The molecule has 0 unspecified atom stereocenters. The third-order valence-corrected chi connectivity index (χ3v) is 2.76. The summed E-state index contributed by atoms with van der Waals surface area (Å²) < 4.78 is 0. The van der Waals surface area contributed by atoms with E-state index in [2.05, 4.69) is 56.9 Å². The molecule has 3 nitrogen and oxygen atoms in total. The van der Waals surface area contributed by atoms with Crippen LogP contribution in [0.15, 0.2) is 0 Å². The summed E-state index contributed by atoms with van der Waals surface area (Å²) in [6, 6.07) is 0.905. The summed E-state index contributed by atoms with van der Waals surface area (Å²) in [5, 5.41) is 4.21. The number of nitrogens with one attached hydrogen (secondary N) is 1. The van der Waals surface area contributed by atoms with Crippen LogP contribution in [0.5, 0.6) is 0 Å². The maximum atomic E-state index is 5.41. The van der Waals surface area contributed by atoms with Crippen LogP contribution in [0.2, 0.25) is 0 Å². The minimum Gasteiger partial charge on any atom is -0.363 e. The van der Waals surface area contributed by atoms with Crippen molar-refractivity contribution < 1.29 is 0 Å². The molecule has 0 aliphatic heterocycles. The summed E-state index contributed by atoms with van der Waals surface area (Å²) >= 11 is 5.41. The average Bonchev–Trinajstić information content (AvgIpc) is 2.10. The topological polar surface area (TPSA) is 18.5 Å². The molecule has 0 saturated heterocycles. The van der Waals surface area contributed by atoms with Gasteiger partial charge in [0.05, 0.1) is 0 Å². The third-order valence-electron chi connectivity index (χ3n) is 2.41. The van der Waals surface area contributed by atoms with Gasteiger partial charge >= 0.3 is 0 Å². The summed E-state index contributed by atoms with van der Waals surface area (Å²) in [4.78, 5) is 4.43. The summed E-state index contributed by atoms with van der Waals surface area (Å²) in [5.74, 6) is 0. The first-order valence-corrected chi connectivity index (χ1v) is 6.48. The highest BCUT2D eigenvalue weighted by molar-refractivity contribution is 7.80. The molecule has 0 aliphatic carbocycles. The van der Waals surface area contributed by atoms with Gasteiger partial charge in [0.15, 0.2) is 5.11 Å². The Morgan fingerprint density at radius 3 is 2.00 bits per heavy atom. The lowest BCUT2D eigenvalue weighted by molar-refractivity contribution is 0.287. The highest BCUT2D eigenvalue weighted by Crippen LogP contribution is 2.05. The molecule has 0 aromatic heterocycles. The third kappa shape index (κ3) is 6.28. The SMILES string of the molecule is CC(C)N(C(=S)NCCCN(C)C)C(C)C. The fourth-order valence-corrected chi connectivity index (χ4v) is 2.27. The standard InChI is InChI=1S/C12H27N3S/c1-10(2)15(11(3)4)12(16)13-8-7-9-14(5)6/h10-11H,7-9H2,1-6H3,(H,13,16). The Kier molecular flexibility index (Phi) is 7.68. The van der Waals surface area contributed by atoms with Crippen molar-refractivity contribution in [1.82, 2.24) is 15.1 Å². The normalized spacial score (nSPS) is 11.3. The molecule has 96 valence electrons. The molecule has 0 spiro atoms. The van der Waals surface area contributed by atoms with Gasteiger partial charge in [-0.2, -0.15) is 0 Å². The molecular weight excluding hydrogens is 218 g/mol. The predicted octanol–water partition coefficient (Wildman–Crippen LogP) is 1.93. The second kappa shape index (κ2) is 7.85.